The van der Waals surface area contributed by atoms with Crippen LogP contribution in [0, 0.1) is 0 Å². The van der Waals surface area contributed by atoms with Crippen LogP contribution in [0.2, 0.25) is 0 Å². The number of rotatable bonds is 6. The summed E-state index contributed by atoms with van der Waals surface area (Å²) in [5.41, 5.74) is 0.924. The number of aliphatic hydroxyl groups excluding tert-OH is 1. The van der Waals surface area contributed by atoms with Crippen molar-refractivity contribution in [2.45, 2.75) is 30.3 Å². The Labute approximate surface area is 120 Å². The van der Waals surface area contributed by atoms with Crippen molar-refractivity contribution in [2.75, 3.05) is 26.8 Å². The highest BCUT2D eigenvalue weighted by atomic mass is 32.2. The van der Waals surface area contributed by atoms with E-state index in [0.717, 1.165) is 18.4 Å². The number of nitrogens with zero attached hydrogens (tertiary/aromatic N) is 1. The topological polar surface area (TPSA) is 66.8 Å². The van der Waals surface area contributed by atoms with Gasteiger partial charge < -0.3 is 9.84 Å². The van der Waals surface area contributed by atoms with Crippen LogP contribution in [-0.4, -0.2) is 50.7 Å². The largest absolute Gasteiger partial charge is 0.396 e. The SMILES string of the molecule is CN(CC1CCCO1)S(=O)(=O)c1ccc(CCO)cc1. The van der Waals surface area contributed by atoms with Gasteiger partial charge in [-0.15, -0.1) is 0 Å². The molecular formula is C14H21NO4S. The maximum absolute atomic E-state index is 12.4. The van der Waals surface area contributed by atoms with Crippen LogP contribution in [0.15, 0.2) is 29.2 Å². The van der Waals surface area contributed by atoms with Gasteiger partial charge in [0, 0.05) is 26.8 Å². The van der Waals surface area contributed by atoms with E-state index < -0.39 is 10.0 Å². The van der Waals surface area contributed by atoms with Gasteiger partial charge >= 0.3 is 0 Å². The van der Waals surface area contributed by atoms with Gasteiger partial charge in [-0.3, -0.25) is 0 Å². The molecule has 0 spiro atoms. The Morgan fingerprint density at radius 2 is 2.05 bits per heavy atom. The summed E-state index contributed by atoms with van der Waals surface area (Å²) >= 11 is 0. The molecule has 20 heavy (non-hydrogen) atoms. The Morgan fingerprint density at radius 1 is 1.35 bits per heavy atom. The van der Waals surface area contributed by atoms with E-state index in [2.05, 4.69) is 0 Å². The van der Waals surface area contributed by atoms with Crippen LogP contribution in [-0.2, 0) is 21.2 Å². The predicted octanol–water partition coefficient (Wildman–Crippen LogP) is 1.02. The highest BCUT2D eigenvalue weighted by Crippen LogP contribution is 2.19. The zero-order valence-electron chi connectivity index (χ0n) is 11.7. The molecule has 0 aromatic heterocycles. The third kappa shape index (κ3) is 3.58. The quantitative estimate of drug-likeness (QED) is 0.851. The van der Waals surface area contributed by atoms with Crippen molar-refractivity contribution in [3.63, 3.8) is 0 Å². The van der Waals surface area contributed by atoms with Gasteiger partial charge in [0.15, 0.2) is 0 Å². The van der Waals surface area contributed by atoms with Crippen molar-refractivity contribution < 1.29 is 18.3 Å². The fourth-order valence-electron chi connectivity index (χ4n) is 2.31. The Bertz CT molecular complexity index is 521. The monoisotopic (exact) mass is 299 g/mol. The molecule has 1 unspecified atom stereocenters. The van der Waals surface area contributed by atoms with E-state index in [-0.39, 0.29) is 17.6 Å². The molecule has 0 amide bonds. The summed E-state index contributed by atoms with van der Waals surface area (Å²) in [5, 5.41) is 8.86. The van der Waals surface area contributed by atoms with Crippen LogP contribution in [0.5, 0.6) is 0 Å². The zero-order chi connectivity index (χ0) is 14.6. The summed E-state index contributed by atoms with van der Waals surface area (Å²) in [7, 11) is -1.89. The van der Waals surface area contributed by atoms with E-state index in [1.165, 1.54) is 4.31 Å². The lowest BCUT2D eigenvalue weighted by molar-refractivity contribution is 0.0979. The van der Waals surface area contributed by atoms with Crippen molar-refractivity contribution in [1.29, 1.82) is 0 Å². The van der Waals surface area contributed by atoms with Crippen LogP contribution >= 0.6 is 0 Å². The number of hydrogen-bond acceptors (Lipinski definition) is 4. The van der Waals surface area contributed by atoms with Gasteiger partial charge in [0.25, 0.3) is 0 Å². The van der Waals surface area contributed by atoms with E-state index in [1.807, 2.05) is 0 Å². The molecule has 1 aliphatic heterocycles. The summed E-state index contributed by atoms with van der Waals surface area (Å²) in [6.07, 6.45) is 2.44. The fraction of sp³-hybridized carbons (Fsp3) is 0.571. The van der Waals surface area contributed by atoms with E-state index in [1.54, 1.807) is 31.3 Å². The van der Waals surface area contributed by atoms with Gasteiger partial charge in [0.1, 0.15) is 0 Å². The molecule has 112 valence electrons. The summed E-state index contributed by atoms with van der Waals surface area (Å²) in [5.74, 6) is 0. The lowest BCUT2D eigenvalue weighted by atomic mass is 10.2. The Balaban J connectivity index is 2.07. The molecular weight excluding hydrogens is 278 g/mol. The number of hydrogen-bond donors (Lipinski definition) is 1. The molecule has 1 saturated heterocycles. The average molecular weight is 299 g/mol. The molecule has 0 saturated carbocycles. The van der Waals surface area contributed by atoms with Crippen LogP contribution in [0.4, 0.5) is 0 Å². The fourth-order valence-corrected chi connectivity index (χ4v) is 3.51. The van der Waals surface area contributed by atoms with Gasteiger partial charge in [-0.25, -0.2) is 8.42 Å². The molecule has 1 aromatic carbocycles. The lowest BCUT2D eigenvalue weighted by Gasteiger charge is -2.20. The molecule has 1 atom stereocenters. The highest BCUT2D eigenvalue weighted by Gasteiger charge is 2.25. The summed E-state index contributed by atoms with van der Waals surface area (Å²) in [6.45, 7) is 1.17. The Hall–Kier alpha value is -0.950. The van der Waals surface area contributed by atoms with Crippen molar-refractivity contribution in [2.24, 2.45) is 0 Å². The Kier molecular flexibility index (Phi) is 5.15. The molecule has 2 rings (SSSR count). The molecule has 0 aliphatic carbocycles. The minimum Gasteiger partial charge on any atom is -0.396 e. The molecule has 5 nitrogen and oxygen atoms in total. The van der Waals surface area contributed by atoms with Crippen LogP contribution in [0.3, 0.4) is 0 Å². The maximum atomic E-state index is 12.4. The van der Waals surface area contributed by atoms with Gasteiger partial charge in [0.2, 0.25) is 10.0 Å². The van der Waals surface area contributed by atoms with E-state index in [9.17, 15) is 8.42 Å². The molecule has 0 radical (unpaired) electrons. The minimum absolute atomic E-state index is 0.00318. The summed E-state index contributed by atoms with van der Waals surface area (Å²) in [4.78, 5) is 0.277. The standard InChI is InChI=1S/C14H21NO4S/c1-15(11-13-3-2-10-19-13)20(17,18)14-6-4-12(5-7-14)8-9-16/h4-7,13,16H,2-3,8-11H2,1H3. The van der Waals surface area contributed by atoms with Gasteiger partial charge in [-0.1, -0.05) is 12.1 Å². The number of likely N-dealkylation sites (N-methyl/N-ethyl adjacent to an activating group) is 1. The molecule has 1 aromatic rings. The first-order chi connectivity index (χ1) is 9.54. The molecule has 6 heteroatoms. The van der Waals surface area contributed by atoms with Crippen LogP contribution < -0.4 is 0 Å². The second-order valence-corrected chi connectivity index (χ2v) is 7.08. The first-order valence-corrected chi connectivity index (χ1v) is 8.26. The summed E-state index contributed by atoms with van der Waals surface area (Å²) in [6, 6.07) is 6.66. The second kappa shape index (κ2) is 6.67. The number of sulfonamides is 1. The third-order valence-electron chi connectivity index (χ3n) is 3.52. The van der Waals surface area contributed by atoms with Gasteiger partial charge in [-0.05, 0) is 37.0 Å². The number of aliphatic hydroxyl groups is 1. The van der Waals surface area contributed by atoms with E-state index in [0.29, 0.717) is 19.6 Å². The Morgan fingerprint density at radius 3 is 2.60 bits per heavy atom. The molecule has 1 heterocycles. The number of benzene rings is 1. The molecule has 1 aliphatic rings. The maximum Gasteiger partial charge on any atom is 0.242 e. The van der Waals surface area contributed by atoms with Crippen molar-refractivity contribution in [3.8, 4) is 0 Å². The first-order valence-electron chi connectivity index (χ1n) is 6.82. The molecule has 1 fully saturated rings. The van der Waals surface area contributed by atoms with Crippen molar-refractivity contribution in [1.82, 2.24) is 4.31 Å². The number of ether oxygens (including phenoxy) is 1. The molecule has 1 N–H and O–H groups in total. The summed E-state index contributed by atoms with van der Waals surface area (Å²) < 4.78 is 31.6. The normalized spacial score (nSPS) is 19.6. The second-order valence-electron chi connectivity index (χ2n) is 5.04. The average Bonchev–Trinajstić information content (AvgIpc) is 2.92. The predicted molar refractivity (Wildman–Crippen MR) is 76.0 cm³/mol. The lowest BCUT2D eigenvalue weighted by Crippen LogP contribution is -2.34. The minimum atomic E-state index is -3.47. The van der Waals surface area contributed by atoms with E-state index >= 15 is 0 Å². The van der Waals surface area contributed by atoms with Gasteiger partial charge in [0.05, 0.1) is 11.0 Å². The van der Waals surface area contributed by atoms with E-state index in [4.69, 9.17) is 9.84 Å². The van der Waals surface area contributed by atoms with Crippen molar-refractivity contribution >= 4 is 10.0 Å². The van der Waals surface area contributed by atoms with Gasteiger partial charge in [-0.2, -0.15) is 4.31 Å². The highest BCUT2D eigenvalue weighted by molar-refractivity contribution is 7.89. The zero-order valence-corrected chi connectivity index (χ0v) is 12.5. The first kappa shape index (κ1) is 15.4. The van der Waals surface area contributed by atoms with Crippen LogP contribution in [0.25, 0.3) is 0 Å². The van der Waals surface area contributed by atoms with Crippen molar-refractivity contribution in [3.05, 3.63) is 29.8 Å². The van der Waals surface area contributed by atoms with Crippen LogP contribution in [0.1, 0.15) is 18.4 Å². The third-order valence-corrected chi connectivity index (χ3v) is 5.35. The molecule has 0 bridgehead atoms. The smallest absolute Gasteiger partial charge is 0.242 e.